The SMILES string of the molecule is CCN(C1CCCCC1)C(CN)c1c(C)cccc1C. The molecule has 0 saturated heterocycles. The van der Waals surface area contributed by atoms with Crippen LogP contribution in [0.5, 0.6) is 0 Å². The van der Waals surface area contributed by atoms with Crippen molar-refractivity contribution in [3.05, 3.63) is 34.9 Å². The van der Waals surface area contributed by atoms with Crippen LogP contribution in [-0.4, -0.2) is 24.0 Å². The Hall–Kier alpha value is -0.860. The number of likely N-dealkylation sites (N-methyl/N-ethyl adjacent to an activating group) is 1. The number of nitrogens with zero attached hydrogens (tertiary/aromatic N) is 1. The molecule has 112 valence electrons. The van der Waals surface area contributed by atoms with Gasteiger partial charge in [-0.2, -0.15) is 0 Å². The van der Waals surface area contributed by atoms with E-state index >= 15 is 0 Å². The van der Waals surface area contributed by atoms with Crippen LogP contribution in [-0.2, 0) is 0 Å². The largest absolute Gasteiger partial charge is 0.329 e. The third-order valence-electron chi connectivity index (χ3n) is 4.91. The summed E-state index contributed by atoms with van der Waals surface area (Å²) in [5.74, 6) is 0. The summed E-state index contributed by atoms with van der Waals surface area (Å²) >= 11 is 0. The van der Waals surface area contributed by atoms with Crippen LogP contribution in [0.3, 0.4) is 0 Å². The zero-order chi connectivity index (χ0) is 14.5. The van der Waals surface area contributed by atoms with Crippen molar-refractivity contribution in [3.8, 4) is 0 Å². The summed E-state index contributed by atoms with van der Waals surface area (Å²) in [5.41, 5.74) is 10.4. The molecule has 0 aromatic heterocycles. The number of nitrogens with two attached hydrogens (primary N) is 1. The number of benzene rings is 1. The van der Waals surface area contributed by atoms with Gasteiger partial charge in [0.05, 0.1) is 0 Å². The maximum atomic E-state index is 6.18. The van der Waals surface area contributed by atoms with Crippen molar-refractivity contribution in [2.75, 3.05) is 13.1 Å². The standard InChI is InChI=1S/C18H30N2/c1-4-20(16-11-6-5-7-12-16)17(13-19)18-14(2)9-8-10-15(18)3/h8-10,16-17H,4-7,11-13,19H2,1-3H3. The number of hydrogen-bond acceptors (Lipinski definition) is 2. The van der Waals surface area contributed by atoms with Crippen molar-refractivity contribution in [1.82, 2.24) is 4.90 Å². The highest BCUT2D eigenvalue weighted by molar-refractivity contribution is 5.36. The minimum Gasteiger partial charge on any atom is -0.329 e. The quantitative estimate of drug-likeness (QED) is 0.880. The molecule has 2 rings (SSSR count). The molecule has 0 bridgehead atoms. The van der Waals surface area contributed by atoms with Gasteiger partial charge in [-0.1, -0.05) is 44.4 Å². The van der Waals surface area contributed by atoms with Gasteiger partial charge in [0, 0.05) is 18.6 Å². The van der Waals surface area contributed by atoms with Gasteiger partial charge in [0.15, 0.2) is 0 Å². The summed E-state index contributed by atoms with van der Waals surface area (Å²) < 4.78 is 0. The summed E-state index contributed by atoms with van der Waals surface area (Å²) in [5, 5.41) is 0. The van der Waals surface area contributed by atoms with E-state index in [2.05, 4.69) is 43.9 Å². The maximum absolute atomic E-state index is 6.18. The van der Waals surface area contributed by atoms with Crippen molar-refractivity contribution in [3.63, 3.8) is 0 Å². The zero-order valence-corrected chi connectivity index (χ0v) is 13.4. The summed E-state index contributed by atoms with van der Waals surface area (Å²) in [6.45, 7) is 8.54. The highest BCUT2D eigenvalue weighted by Crippen LogP contribution is 2.32. The first kappa shape index (κ1) is 15.5. The van der Waals surface area contributed by atoms with Crippen molar-refractivity contribution < 1.29 is 0 Å². The molecule has 1 unspecified atom stereocenters. The molecule has 0 radical (unpaired) electrons. The smallest absolute Gasteiger partial charge is 0.0478 e. The third kappa shape index (κ3) is 3.24. The lowest BCUT2D eigenvalue weighted by Crippen LogP contribution is -2.42. The molecule has 1 atom stereocenters. The van der Waals surface area contributed by atoms with Gasteiger partial charge in [0.25, 0.3) is 0 Å². The molecule has 0 heterocycles. The Morgan fingerprint density at radius 3 is 2.25 bits per heavy atom. The molecule has 20 heavy (non-hydrogen) atoms. The fourth-order valence-electron chi connectivity index (χ4n) is 3.92. The minimum absolute atomic E-state index is 0.379. The first-order chi connectivity index (χ1) is 9.69. The molecule has 1 aliphatic rings. The molecular formula is C18H30N2. The summed E-state index contributed by atoms with van der Waals surface area (Å²) in [6.07, 6.45) is 6.85. The Labute approximate surface area is 124 Å². The second-order valence-electron chi connectivity index (χ2n) is 6.18. The topological polar surface area (TPSA) is 29.3 Å². The molecule has 0 aliphatic heterocycles. The van der Waals surface area contributed by atoms with E-state index in [0.29, 0.717) is 6.04 Å². The number of aryl methyl sites for hydroxylation is 2. The van der Waals surface area contributed by atoms with E-state index in [1.807, 2.05) is 0 Å². The molecule has 0 amide bonds. The summed E-state index contributed by atoms with van der Waals surface area (Å²) in [7, 11) is 0. The molecule has 0 spiro atoms. The lowest BCUT2D eigenvalue weighted by molar-refractivity contribution is 0.113. The molecular weight excluding hydrogens is 244 g/mol. The molecule has 2 nitrogen and oxygen atoms in total. The van der Waals surface area contributed by atoms with E-state index in [1.165, 1.54) is 48.8 Å². The number of hydrogen-bond donors (Lipinski definition) is 1. The third-order valence-corrected chi connectivity index (χ3v) is 4.91. The summed E-state index contributed by atoms with van der Waals surface area (Å²) in [6, 6.07) is 7.70. The average molecular weight is 274 g/mol. The highest BCUT2D eigenvalue weighted by Gasteiger charge is 2.28. The Kier molecular flexibility index (Phi) is 5.62. The van der Waals surface area contributed by atoms with Gasteiger partial charge in [-0.3, -0.25) is 4.90 Å². The van der Waals surface area contributed by atoms with Gasteiger partial charge in [0.1, 0.15) is 0 Å². The monoisotopic (exact) mass is 274 g/mol. The molecule has 2 N–H and O–H groups in total. The molecule has 1 aromatic carbocycles. The Balaban J connectivity index is 2.29. The Bertz CT molecular complexity index is 401. The van der Waals surface area contributed by atoms with Gasteiger partial charge >= 0.3 is 0 Å². The molecule has 2 heteroatoms. The van der Waals surface area contributed by atoms with E-state index in [1.54, 1.807) is 0 Å². The molecule has 1 aliphatic carbocycles. The van der Waals surface area contributed by atoms with Crippen LogP contribution in [0.15, 0.2) is 18.2 Å². The predicted octanol–water partition coefficient (Wildman–Crippen LogP) is 3.96. The normalized spacial score (nSPS) is 18.4. The Morgan fingerprint density at radius 2 is 1.75 bits per heavy atom. The summed E-state index contributed by atoms with van der Waals surface area (Å²) in [4.78, 5) is 2.66. The second kappa shape index (κ2) is 7.24. The van der Waals surface area contributed by atoms with Crippen LogP contribution in [0.4, 0.5) is 0 Å². The first-order valence-electron chi connectivity index (χ1n) is 8.21. The van der Waals surface area contributed by atoms with Gasteiger partial charge in [-0.15, -0.1) is 0 Å². The lowest BCUT2D eigenvalue weighted by atomic mass is 9.89. The van der Waals surface area contributed by atoms with Crippen molar-refractivity contribution in [1.29, 1.82) is 0 Å². The van der Waals surface area contributed by atoms with Crippen molar-refractivity contribution in [2.45, 2.75) is 65.0 Å². The van der Waals surface area contributed by atoms with Crippen LogP contribution in [0.25, 0.3) is 0 Å². The number of rotatable bonds is 5. The van der Waals surface area contributed by atoms with Gasteiger partial charge < -0.3 is 5.73 Å². The molecule has 1 aromatic rings. The predicted molar refractivity (Wildman–Crippen MR) is 87.0 cm³/mol. The lowest BCUT2D eigenvalue weighted by Gasteiger charge is -2.40. The highest BCUT2D eigenvalue weighted by atomic mass is 15.2. The van der Waals surface area contributed by atoms with Gasteiger partial charge in [-0.05, 0) is 49.9 Å². The van der Waals surface area contributed by atoms with Crippen LogP contribution in [0.2, 0.25) is 0 Å². The van der Waals surface area contributed by atoms with E-state index in [0.717, 1.165) is 19.1 Å². The van der Waals surface area contributed by atoms with Crippen LogP contribution in [0.1, 0.15) is 61.8 Å². The van der Waals surface area contributed by atoms with Crippen LogP contribution >= 0.6 is 0 Å². The van der Waals surface area contributed by atoms with E-state index in [4.69, 9.17) is 5.73 Å². The fraction of sp³-hybridized carbons (Fsp3) is 0.667. The van der Waals surface area contributed by atoms with Crippen LogP contribution < -0.4 is 5.73 Å². The van der Waals surface area contributed by atoms with Gasteiger partial charge in [0.2, 0.25) is 0 Å². The average Bonchev–Trinajstić information content (AvgIpc) is 2.47. The maximum Gasteiger partial charge on any atom is 0.0478 e. The van der Waals surface area contributed by atoms with Crippen molar-refractivity contribution >= 4 is 0 Å². The second-order valence-corrected chi connectivity index (χ2v) is 6.18. The molecule has 1 fully saturated rings. The fourth-order valence-corrected chi connectivity index (χ4v) is 3.92. The van der Waals surface area contributed by atoms with E-state index < -0.39 is 0 Å². The zero-order valence-electron chi connectivity index (χ0n) is 13.4. The first-order valence-corrected chi connectivity index (χ1v) is 8.21. The van der Waals surface area contributed by atoms with Gasteiger partial charge in [-0.25, -0.2) is 0 Å². The van der Waals surface area contributed by atoms with Crippen molar-refractivity contribution in [2.24, 2.45) is 5.73 Å². The van der Waals surface area contributed by atoms with E-state index in [-0.39, 0.29) is 0 Å². The Morgan fingerprint density at radius 1 is 1.15 bits per heavy atom. The van der Waals surface area contributed by atoms with Crippen LogP contribution in [0, 0.1) is 13.8 Å². The molecule has 1 saturated carbocycles. The van der Waals surface area contributed by atoms with E-state index in [9.17, 15) is 0 Å². The minimum atomic E-state index is 0.379.